The van der Waals surface area contributed by atoms with Gasteiger partial charge in [-0.3, -0.25) is 29.0 Å². The molecule has 2 aromatic carbocycles. The summed E-state index contributed by atoms with van der Waals surface area (Å²) in [5.41, 5.74) is 3.23. The van der Waals surface area contributed by atoms with E-state index in [1.807, 2.05) is 0 Å². The maximum Gasteiger partial charge on any atom is 0.329 e. The third-order valence-corrected chi connectivity index (χ3v) is 4.97. The van der Waals surface area contributed by atoms with Crippen molar-refractivity contribution in [2.45, 2.75) is 6.54 Å². The molecule has 2 aromatic heterocycles. The van der Waals surface area contributed by atoms with E-state index in [4.69, 9.17) is 11.6 Å². The smallest absolute Gasteiger partial charge is 0.298 e. The van der Waals surface area contributed by atoms with Gasteiger partial charge in [0.15, 0.2) is 11.2 Å². The van der Waals surface area contributed by atoms with Gasteiger partial charge in [-0.15, -0.1) is 0 Å². The Morgan fingerprint density at radius 1 is 1.25 bits per heavy atom. The van der Waals surface area contributed by atoms with Crippen LogP contribution in [0.15, 0.2) is 63.2 Å². The molecule has 4 aromatic rings. The fraction of sp³-hybridized carbons (Fsp3) is 0.100. The molecule has 11 nitrogen and oxygen atoms in total. The molecule has 0 saturated heterocycles. The van der Waals surface area contributed by atoms with E-state index in [0.29, 0.717) is 10.6 Å². The number of imidazole rings is 1. The predicted octanol–water partition coefficient (Wildman–Crippen LogP) is 2.48. The molecule has 32 heavy (non-hydrogen) atoms. The molecule has 0 fully saturated rings. The zero-order valence-corrected chi connectivity index (χ0v) is 17.4. The summed E-state index contributed by atoms with van der Waals surface area (Å²) in [6, 6.07) is 13.0. The van der Waals surface area contributed by atoms with Gasteiger partial charge in [0.2, 0.25) is 5.95 Å². The number of nitro benzene ring substituents is 1. The summed E-state index contributed by atoms with van der Waals surface area (Å²) >= 11 is 5.95. The van der Waals surface area contributed by atoms with Crippen LogP contribution in [0, 0.1) is 10.1 Å². The molecule has 0 aliphatic heterocycles. The number of benzene rings is 2. The maximum atomic E-state index is 12.5. The van der Waals surface area contributed by atoms with E-state index in [2.05, 4.69) is 20.5 Å². The van der Waals surface area contributed by atoms with E-state index < -0.39 is 16.2 Å². The number of hydrazone groups is 1. The monoisotopic (exact) mass is 453 g/mol. The Bertz CT molecular complexity index is 1470. The standard InChI is InChI=1S/C20H16ClN7O4/c1-26-17-16(18(29)24-20(26)30)27(11-12-5-7-14(21)8-6-12)19(23-17)25-22-10-13-3-2-4-15(9-13)28(31)32/h2-10H,11H2,1H3,(H,23,25)(H,24,29,30)/b22-10+. The summed E-state index contributed by atoms with van der Waals surface area (Å²) in [6.07, 6.45) is 1.39. The minimum atomic E-state index is -0.592. The molecule has 0 bridgehead atoms. The first-order chi connectivity index (χ1) is 15.3. The highest BCUT2D eigenvalue weighted by atomic mass is 35.5. The number of non-ortho nitro benzene ring substituents is 1. The van der Waals surface area contributed by atoms with Gasteiger partial charge in [0.25, 0.3) is 11.2 Å². The van der Waals surface area contributed by atoms with Crippen molar-refractivity contribution in [3.05, 3.63) is 95.6 Å². The van der Waals surface area contributed by atoms with Crippen LogP contribution >= 0.6 is 11.6 Å². The van der Waals surface area contributed by atoms with Crippen LogP contribution < -0.4 is 16.7 Å². The second-order valence-electron chi connectivity index (χ2n) is 6.86. The molecule has 0 atom stereocenters. The minimum absolute atomic E-state index is 0.0644. The van der Waals surface area contributed by atoms with Gasteiger partial charge in [0.05, 0.1) is 17.7 Å². The first kappa shape index (κ1) is 21.0. The van der Waals surface area contributed by atoms with Crippen molar-refractivity contribution in [2.75, 3.05) is 5.43 Å². The summed E-state index contributed by atoms with van der Waals surface area (Å²) in [5.74, 6) is 0.211. The van der Waals surface area contributed by atoms with Crippen LogP contribution in [0.25, 0.3) is 11.2 Å². The van der Waals surface area contributed by atoms with Gasteiger partial charge in [-0.2, -0.15) is 10.1 Å². The fourth-order valence-electron chi connectivity index (χ4n) is 3.13. The molecule has 0 unspecified atom stereocenters. The first-order valence-corrected chi connectivity index (χ1v) is 9.69. The van der Waals surface area contributed by atoms with E-state index in [9.17, 15) is 19.7 Å². The molecule has 2 N–H and O–H groups in total. The number of anilines is 1. The number of rotatable bonds is 6. The van der Waals surface area contributed by atoms with E-state index in [0.717, 1.165) is 5.56 Å². The largest absolute Gasteiger partial charge is 0.329 e. The summed E-state index contributed by atoms with van der Waals surface area (Å²) in [6.45, 7) is 0.254. The van der Waals surface area contributed by atoms with E-state index in [1.165, 1.54) is 30.0 Å². The Morgan fingerprint density at radius 3 is 2.72 bits per heavy atom. The number of nitro groups is 1. The first-order valence-electron chi connectivity index (χ1n) is 9.31. The Kier molecular flexibility index (Phi) is 5.56. The van der Waals surface area contributed by atoms with Crippen LogP contribution in [0.1, 0.15) is 11.1 Å². The number of aromatic amines is 1. The van der Waals surface area contributed by atoms with Gasteiger partial charge >= 0.3 is 5.69 Å². The van der Waals surface area contributed by atoms with Crippen molar-refractivity contribution in [2.24, 2.45) is 12.1 Å². The van der Waals surface area contributed by atoms with E-state index >= 15 is 0 Å². The van der Waals surface area contributed by atoms with Gasteiger partial charge in [0, 0.05) is 29.8 Å². The molecule has 0 aliphatic rings. The lowest BCUT2D eigenvalue weighted by molar-refractivity contribution is -0.384. The molecular formula is C20H16ClN7O4. The average Bonchev–Trinajstić information content (AvgIpc) is 3.13. The van der Waals surface area contributed by atoms with Crippen LogP contribution in [0.5, 0.6) is 0 Å². The highest BCUT2D eigenvalue weighted by molar-refractivity contribution is 6.30. The SMILES string of the molecule is Cn1c(=O)[nH]c(=O)c2c1nc(N/N=C/c1cccc([N+](=O)[O-])c1)n2Cc1ccc(Cl)cc1. The molecule has 4 rings (SSSR count). The molecule has 12 heteroatoms. The highest BCUT2D eigenvalue weighted by Gasteiger charge is 2.17. The third-order valence-electron chi connectivity index (χ3n) is 4.72. The van der Waals surface area contributed by atoms with Crippen molar-refractivity contribution in [3.63, 3.8) is 0 Å². The van der Waals surface area contributed by atoms with Crippen LogP contribution in [-0.4, -0.2) is 30.2 Å². The van der Waals surface area contributed by atoms with Crippen molar-refractivity contribution in [3.8, 4) is 0 Å². The lowest BCUT2D eigenvalue weighted by Crippen LogP contribution is -2.29. The number of nitrogens with zero attached hydrogens (tertiary/aromatic N) is 5. The van der Waals surface area contributed by atoms with Crippen molar-refractivity contribution in [1.82, 2.24) is 19.1 Å². The highest BCUT2D eigenvalue weighted by Crippen LogP contribution is 2.19. The topological polar surface area (TPSA) is 140 Å². The Morgan fingerprint density at radius 2 is 2.00 bits per heavy atom. The van der Waals surface area contributed by atoms with Crippen LogP contribution in [0.3, 0.4) is 0 Å². The molecule has 0 spiro atoms. The van der Waals surface area contributed by atoms with Crippen molar-refractivity contribution in [1.29, 1.82) is 0 Å². The molecular weight excluding hydrogens is 438 g/mol. The average molecular weight is 454 g/mol. The van der Waals surface area contributed by atoms with Gasteiger partial charge in [-0.25, -0.2) is 10.2 Å². The summed E-state index contributed by atoms with van der Waals surface area (Å²) < 4.78 is 2.81. The Hall–Kier alpha value is -4.25. The number of aromatic nitrogens is 4. The quantitative estimate of drug-likeness (QED) is 0.261. The fourth-order valence-corrected chi connectivity index (χ4v) is 3.26. The summed E-state index contributed by atoms with van der Waals surface area (Å²) in [4.78, 5) is 41.6. The number of hydrogen-bond donors (Lipinski definition) is 2. The Labute approximate surface area is 184 Å². The van der Waals surface area contributed by atoms with E-state index in [-0.39, 0.29) is 29.3 Å². The van der Waals surface area contributed by atoms with Gasteiger partial charge in [0.1, 0.15) is 0 Å². The van der Waals surface area contributed by atoms with Gasteiger partial charge in [-0.1, -0.05) is 35.9 Å². The zero-order chi connectivity index (χ0) is 22.8. The number of nitrogens with one attached hydrogen (secondary N) is 2. The number of hydrogen-bond acceptors (Lipinski definition) is 7. The molecule has 0 aliphatic carbocycles. The van der Waals surface area contributed by atoms with E-state index in [1.54, 1.807) is 41.0 Å². The number of halogens is 1. The number of H-pyrrole nitrogens is 1. The lowest BCUT2D eigenvalue weighted by Gasteiger charge is -2.08. The minimum Gasteiger partial charge on any atom is -0.298 e. The van der Waals surface area contributed by atoms with Gasteiger partial charge < -0.3 is 0 Å². The summed E-state index contributed by atoms with van der Waals surface area (Å²) in [5, 5.41) is 15.6. The second kappa shape index (κ2) is 8.47. The van der Waals surface area contributed by atoms with Crippen LogP contribution in [0.2, 0.25) is 5.02 Å². The third kappa shape index (κ3) is 4.14. The lowest BCUT2D eigenvalue weighted by atomic mass is 10.2. The second-order valence-corrected chi connectivity index (χ2v) is 7.30. The van der Waals surface area contributed by atoms with Crippen molar-refractivity contribution < 1.29 is 4.92 Å². The molecule has 0 saturated carbocycles. The summed E-state index contributed by atoms with van der Waals surface area (Å²) in [7, 11) is 1.50. The normalized spacial score (nSPS) is 11.3. The number of fused-ring (bicyclic) bond motifs is 1. The molecule has 0 amide bonds. The maximum absolute atomic E-state index is 12.5. The number of aryl methyl sites for hydroxylation is 1. The molecule has 162 valence electrons. The van der Waals surface area contributed by atoms with Gasteiger partial charge in [-0.05, 0) is 17.7 Å². The zero-order valence-electron chi connectivity index (χ0n) is 16.7. The Balaban J connectivity index is 1.75. The predicted molar refractivity (Wildman–Crippen MR) is 120 cm³/mol. The van der Waals surface area contributed by atoms with Crippen molar-refractivity contribution >= 4 is 40.6 Å². The van der Waals surface area contributed by atoms with Crippen LogP contribution in [0.4, 0.5) is 11.6 Å². The molecule has 0 radical (unpaired) electrons. The van der Waals surface area contributed by atoms with Crippen LogP contribution in [-0.2, 0) is 13.6 Å². The molecule has 2 heterocycles.